The van der Waals surface area contributed by atoms with Crippen LogP contribution in [0.25, 0.3) is 103 Å². The van der Waals surface area contributed by atoms with Gasteiger partial charge in [0.05, 0.1) is 39.9 Å². The van der Waals surface area contributed by atoms with Crippen molar-refractivity contribution < 1.29 is 0 Å². The van der Waals surface area contributed by atoms with Crippen molar-refractivity contribution in [1.82, 2.24) is 9.13 Å². The van der Waals surface area contributed by atoms with Gasteiger partial charge in [-0.1, -0.05) is 133 Å². The van der Waals surface area contributed by atoms with Gasteiger partial charge in [-0.05, 0) is 56.6 Å². The number of para-hydroxylation sites is 2. The molecule has 11 aromatic rings. The number of nitrogens with zero attached hydrogens (tertiary/aromatic N) is 4. The molecule has 0 aliphatic heterocycles. The zero-order valence-corrected chi connectivity index (χ0v) is 27.8. The van der Waals surface area contributed by atoms with Gasteiger partial charge in [0.1, 0.15) is 6.07 Å². The van der Waals surface area contributed by atoms with E-state index in [-0.39, 0.29) is 0 Å². The number of hydrogen-bond acceptors (Lipinski definition) is 1. The Hall–Kier alpha value is -7.40. The van der Waals surface area contributed by atoms with E-state index in [4.69, 9.17) is 6.57 Å². The second-order valence-corrected chi connectivity index (χ2v) is 13.4. The van der Waals surface area contributed by atoms with Crippen molar-refractivity contribution in [3.05, 3.63) is 175 Å². The minimum atomic E-state index is 0.421. The fraction of sp³-hybridized carbons (Fsp3) is 0. The molecule has 238 valence electrons. The summed E-state index contributed by atoms with van der Waals surface area (Å²) in [6, 6.07) is 57.5. The maximum Gasteiger partial charge on any atom is 0.214 e. The van der Waals surface area contributed by atoms with Crippen LogP contribution >= 0.6 is 0 Å². The van der Waals surface area contributed by atoms with Crippen molar-refractivity contribution in [2.75, 3.05) is 0 Å². The molecular weight excluding hydrogens is 633 g/mol. The van der Waals surface area contributed by atoms with E-state index in [0.717, 1.165) is 70.8 Å². The van der Waals surface area contributed by atoms with E-state index in [9.17, 15) is 5.26 Å². The summed E-state index contributed by atoms with van der Waals surface area (Å²) in [5.41, 5.74) is 6.31. The Kier molecular flexibility index (Phi) is 5.77. The van der Waals surface area contributed by atoms with Gasteiger partial charge in [0.15, 0.2) is 0 Å². The highest BCUT2D eigenvalue weighted by molar-refractivity contribution is 6.33. The monoisotopic (exact) mass is 658 g/mol. The summed E-state index contributed by atoms with van der Waals surface area (Å²) in [7, 11) is 0. The third-order valence-electron chi connectivity index (χ3n) is 10.9. The Labute approximate surface area is 298 Å². The van der Waals surface area contributed by atoms with E-state index in [1.165, 1.54) is 21.5 Å². The van der Waals surface area contributed by atoms with Gasteiger partial charge in [0.25, 0.3) is 0 Å². The highest BCUT2D eigenvalue weighted by Crippen LogP contribution is 2.47. The summed E-state index contributed by atoms with van der Waals surface area (Å²) in [4.78, 5) is 4.20. The van der Waals surface area contributed by atoms with Crippen LogP contribution in [-0.2, 0) is 0 Å². The van der Waals surface area contributed by atoms with E-state index in [1.807, 2.05) is 18.2 Å². The first kappa shape index (κ1) is 28.4. The molecule has 0 amide bonds. The van der Waals surface area contributed by atoms with Crippen LogP contribution in [0, 0.1) is 17.9 Å². The Balaban J connectivity index is 1.31. The lowest BCUT2D eigenvalue weighted by molar-refractivity contribution is 1.15. The van der Waals surface area contributed by atoms with Gasteiger partial charge in [-0.3, -0.25) is 0 Å². The molecule has 2 aromatic heterocycles. The van der Waals surface area contributed by atoms with Crippen LogP contribution in [0.5, 0.6) is 0 Å². The zero-order chi connectivity index (χ0) is 34.5. The molecule has 0 atom stereocenters. The van der Waals surface area contributed by atoms with Crippen LogP contribution in [0.4, 0.5) is 5.69 Å². The van der Waals surface area contributed by atoms with Gasteiger partial charge in [-0.15, -0.1) is 0 Å². The summed E-state index contributed by atoms with van der Waals surface area (Å²) in [5.74, 6) is 0. The summed E-state index contributed by atoms with van der Waals surface area (Å²) in [6.07, 6.45) is 0. The van der Waals surface area contributed by atoms with Crippen molar-refractivity contribution in [3.63, 3.8) is 0 Å². The highest BCUT2D eigenvalue weighted by Gasteiger charge is 2.25. The van der Waals surface area contributed by atoms with Crippen LogP contribution in [-0.4, -0.2) is 9.13 Å². The van der Waals surface area contributed by atoms with E-state index >= 15 is 0 Å². The first-order chi connectivity index (χ1) is 25.8. The van der Waals surface area contributed by atoms with Crippen molar-refractivity contribution >= 4 is 92.4 Å². The number of benzene rings is 9. The minimum absolute atomic E-state index is 0.421. The minimum Gasteiger partial charge on any atom is -0.317 e. The molecule has 0 fully saturated rings. The molecule has 4 heteroatoms. The number of aromatic nitrogens is 2. The summed E-state index contributed by atoms with van der Waals surface area (Å²) < 4.78 is 4.43. The molecule has 4 nitrogen and oxygen atoms in total. The van der Waals surface area contributed by atoms with Crippen LogP contribution < -0.4 is 0 Å². The van der Waals surface area contributed by atoms with Crippen LogP contribution in [0.2, 0.25) is 0 Å². The normalized spacial score (nSPS) is 11.8. The van der Waals surface area contributed by atoms with Crippen LogP contribution in [0.15, 0.2) is 158 Å². The molecule has 0 radical (unpaired) electrons. The average molecular weight is 659 g/mol. The highest BCUT2D eigenvalue weighted by atomic mass is 15.0. The molecule has 0 bridgehead atoms. The topological polar surface area (TPSA) is 38.0 Å². The third kappa shape index (κ3) is 3.63. The predicted molar refractivity (Wildman–Crippen MR) is 216 cm³/mol. The molecule has 0 aliphatic carbocycles. The van der Waals surface area contributed by atoms with Crippen LogP contribution in [0.3, 0.4) is 0 Å². The van der Waals surface area contributed by atoms with E-state index in [0.29, 0.717) is 16.9 Å². The Morgan fingerprint density at radius 1 is 0.442 bits per heavy atom. The van der Waals surface area contributed by atoms with E-state index < -0.39 is 0 Å². The van der Waals surface area contributed by atoms with Crippen molar-refractivity contribution in [2.45, 2.75) is 0 Å². The van der Waals surface area contributed by atoms with E-state index in [1.54, 1.807) is 0 Å². The molecule has 0 unspecified atom stereocenters. The lowest BCUT2D eigenvalue weighted by Crippen LogP contribution is -2.02. The second-order valence-electron chi connectivity index (χ2n) is 13.4. The van der Waals surface area contributed by atoms with Crippen molar-refractivity contribution in [1.29, 1.82) is 5.26 Å². The SMILES string of the molecule is [C-]#[N+]c1cc(-n2c3ccccc3c3c4ccccc4c4ccccc4c32)cc(C#N)c1-n1c2ccccc2c2c3ccccc3c3ccccc3c21. The van der Waals surface area contributed by atoms with Gasteiger partial charge in [-0.2, -0.15) is 5.26 Å². The molecule has 9 aromatic carbocycles. The maximum absolute atomic E-state index is 11.1. The van der Waals surface area contributed by atoms with Gasteiger partial charge < -0.3 is 9.13 Å². The average Bonchev–Trinajstić information content (AvgIpc) is 3.75. The van der Waals surface area contributed by atoms with Crippen molar-refractivity contribution in [2.24, 2.45) is 0 Å². The lowest BCUT2D eigenvalue weighted by atomic mass is 9.96. The smallest absolute Gasteiger partial charge is 0.214 e. The lowest BCUT2D eigenvalue weighted by Gasteiger charge is -2.17. The maximum atomic E-state index is 11.1. The van der Waals surface area contributed by atoms with Gasteiger partial charge in [0.2, 0.25) is 5.69 Å². The van der Waals surface area contributed by atoms with Gasteiger partial charge in [-0.25, -0.2) is 4.85 Å². The molecule has 11 rings (SSSR count). The Morgan fingerprint density at radius 2 is 0.827 bits per heavy atom. The zero-order valence-electron chi connectivity index (χ0n) is 27.8. The molecule has 0 spiro atoms. The molecular formula is C48H26N4. The van der Waals surface area contributed by atoms with Crippen molar-refractivity contribution in [3.8, 4) is 17.4 Å². The fourth-order valence-corrected chi connectivity index (χ4v) is 8.90. The molecule has 0 N–H and O–H groups in total. The molecule has 2 heterocycles. The molecule has 0 saturated carbocycles. The number of rotatable bonds is 2. The summed E-state index contributed by atoms with van der Waals surface area (Å²) in [5, 5.41) is 24.8. The first-order valence-corrected chi connectivity index (χ1v) is 17.4. The molecule has 0 saturated heterocycles. The van der Waals surface area contributed by atoms with Crippen LogP contribution in [0.1, 0.15) is 5.56 Å². The molecule has 0 aliphatic rings. The molecule has 52 heavy (non-hydrogen) atoms. The second kappa shape index (κ2) is 10.6. The predicted octanol–water partition coefficient (Wildman–Crippen LogP) is 12.9. The standard InChI is InChI=1S/C48H26N4/c1-50-41-27-30(51-42-24-12-10-22-39(42)44-35-18-6-2-14-31(35)33-16-4-8-20-37(33)47(44)51)26-29(28-49)46(41)52-43-25-13-11-23-40(43)45-36-19-7-3-15-32(36)34-17-5-9-21-38(34)48(45)52/h2-27H. The van der Waals surface area contributed by atoms with E-state index in [2.05, 4.69) is 160 Å². The van der Waals surface area contributed by atoms with Gasteiger partial charge in [0, 0.05) is 38.0 Å². The Bertz CT molecular complexity index is 3400. The largest absolute Gasteiger partial charge is 0.317 e. The van der Waals surface area contributed by atoms with Gasteiger partial charge >= 0.3 is 0 Å². The Morgan fingerprint density at radius 3 is 1.31 bits per heavy atom. The fourth-order valence-electron chi connectivity index (χ4n) is 8.90. The summed E-state index contributed by atoms with van der Waals surface area (Å²) >= 11 is 0. The number of hydrogen-bond donors (Lipinski definition) is 0. The quantitative estimate of drug-likeness (QED) is 0.135. The number of nitriles is 1. The third-order valence-corrected chi connectivity index (χ3v) is 10.9. The first-order valence-electron chi connectivity index (χ1n) is 17.4. The number of fused-ring (bicyclic) bond motifs is 16. The summed E-state index contributed by atoms with van der Waals surface area (Å²) in [6.45, 7) is 8.65.